The van der Waals surface area contributed by atoms with Crippen LogP contribution in [0.4, 0.5) is 34.1 Å². The van der Waals surface area contributed by atoms with Crippen LogP contribution in [-0.4, -0.2) is 4.57 Å². The molecule has 0 spiro atoms. The second kappa shape index (κ2) is 39.4. The molecule has 0 atom stereocenters. The van der Waals surface area contributed by atoms with Crippen LogP contribution in [0, 0.1) is 13.8 Å². The van der Waals surface area contributed by atoms with Gasteiger partial charge >= 0.3 is 0 Å². The molecule has 1 aromatic heterocycles. The predicted molar refractivity (Wildman–Crippen MR) is 496 cm³/mol. The SMILES string of the molecule is CCCCCCCCC1(CCCCCCCC)c2cc(C)ccc2-c2cc3c4ccccc4n(-c4cc(CCCCCC)c(-c5ccc(N(c6ccc(-c7ccc(CCCC)cc7)cc6)c6ccc(-c7ccc(N(c8ccc(C)cc8)c8ccc(-c9ccc(CCCC)cc9)cc8)cc7)cc6)cc5)cc4CCCCCC)c3cc21. The molecule has 0 radical (unpaired) electrons. The summed E-state index contributed by atoms with van der Waals surface area (Å²) in [6.07, 6.45) is 37.1. The van der Waals surface area contributed by atoms with Gasteiger partial charge in [0.2, 0.25) is 0 Å². The molecule has 3 heteroatoms. The highest BCUT2D eigenvalue weighted by atomic mass is 15.1. The molecule has 0 bridgehead atoms. The third kappa shape index (κ3) is 18.7. The topological polar surface area (TPSA) is 11.4 Å². The van der Waals surface area contributed by atoms with E-state index in [1.54, 1.807) is 11.1 Å². The van der Waals surface area contributed by atoms with Crippen LogP contribution in [0.1, 0.15) is 253 Å². The van der Waals surface area contributed by atoms with E-state index in [9.17, 15) is 0 Å². The van der Waals surface area contributed by atoms with Gasteiger partial charge in [0.15, 0.2) is 0 Å². The van der Waals surface area contributed by atoms with Gasteiger partial charge in [-0.2, -0.15) is 0 Å². The lowest BCUT2D eigenvalue weighted by molar-refractivity contribution is 0.398. The highest BCUT2D eigenvalue weighted by Crippen LogP contribution is 2.57. The molecule has 114 heavy (non-hydrogen) atoms. The molecule has 3 nitrogen and oxygen atoms in total. The lowest BCUT2D eigenvalue weighted by Gasteiger charge is -2.33. The monoisotopic (exact) mass is 1500 g/mol. The van der Waals surface area contributed by atoms with Crippen LogP contribution in [0.5, 0.6) is 0 Å². The van der Waals surface area contributed by atoms with Crippen LogP contribution in [0.25, 0.3) is 83.1 Å². The van der Waals surface area contributed by atoms with Gasteiger partial charge in [-0.15, -0.1) is 0 Å². The fourth-order valence-electron chi connectivity index (χ4n) is 18.5. The molecule has 1 aliphatic rings. The first-order chi connectivity index (χ1) is 56.1. The van der Waals surface area contributed by atoms with Crippen molar-refractivity contribution in [2.24, 2.45) is 0 Å². The molecule has 1 heterocycles. The zero-order valence-corrected chi connectivity index (χ0v) is 70.4. The number of rotatable bonds is 41. The highest BCUT2D eigenvalue weighted by Gasteiger charge is 2.43. The number of fused-ring (bicyclic) bond motifs is 6. The number of unbranched alkanes of at least 4 members (excludes halogenated alkanes) is 18. The van der Waals surface area contributed by atoms with Crippen molar-refractivity contribution < 1.29 is 0 Å². The van der Waals surface area contributed by atoms with Crippen molar-refractivity contribution in [2.75, 3.05) is 9.80 Å². The Labute approximate surface area is 686 Å². The van der Waals surface area contributed by atoms with Crippen molar-refractivity contribution in [2.45, 2.75) is 253 Å². The molecule has 0 aliphatic heterocycles. The summed E-state index contributed by atoms with van der Waals surface area (Å²) in [6, 6.07) is 102. The summed E-state index contributed by atoms with van der Waals surface area (Å²) in [5.41, 5.74) is 35.2. The summed E-state index contributed by atoms with van der Waals surface area (Å²) < 4.78 is 2.76. The zero-order valence-electron chi connectivity index (χ0n) is 70.4. The summed E-state index contributed by atoms with van der Waals surface area (Å²) >= 11 is 0. The van der Waals surface area contributed by atoms with Gasteiger partial charge in [-0.3, -0.25) is 0 Å². The number of para-hydroxylation sites is 1. The maximum absolute atomic E-state index is 2.76. The van der Waals surface area contributed by atoms with E-state index in [1.807, 2.05) is 0 Å². The normalized spacial score (nSPS) is 12.3. The second-order valence-electron chi connectivity index (χ2n) is 33.5. The smallest absolute Gasteiger partial charge is 0.0544 e. The Morgan fingerprint density at radius 2 is 0.623 bits per heavy atom. The Morgan fingerprint density at radius 1 is 0.254 bits per heavy atom. The van der Waals surface area contributed by atoms with Gasteiger partial charge in [-0.25, -0.2) is 0 Å². The third-order valence-corrected chi connectivity index (χ3v) is 25.1. The molecule has 13 aromatic rings. The van der Waals surface area contributed by atoms with E-state index >= 15 is 0 Å². The lowest BCUT2D eigenvalue weighted by Crippen LogP contribution is -2.25. The highest BCUT2D eigenvalue weighted by molar-refractivity contribution is 6.12. The first-order valence-corrected chi connectivity index (χ1v) is 44.8. The lowest BCUT2D eigenvalue weighted by atomic mass is 9.70. The van der Waals surface area contributed by atoms with E-state index in [4.69, 9.17) is 0 Å². The van der Waals surface area contributed by atoms with Crippen molar-refractivity contribution in [3.05, 3.63) is 305 Å². The number of anilines is 6. The average molecular weight is 1500 g/mol. The number of benzene rings is 12. The van der Waals surface area contributed by atoms with E-state index in [-0.39, 0.29) is 5.41 Å². The summed E-state index contributed by atoms with van der Waals surface area (Å²) in [4.78, 5) is 4.84. The Bertz CT molecular complexity index is 5170. The predicted octanol–water partition coefficient (Wildman–Crippen LogP) is 33.7. The minimum Gasteiger partial charge on any atom is -0.311 e. The quantitative estimate of drug-likeness (QED) is 0.0354. The van der Waals surface area contributed by atoms with Gasteiger partial charge in [0.05, 0.1) is 11.0 Å². The molecule has 0 unspecified atom stereocenters. The van der Waals surface area contributed by atoms with E-state index in [2.05, 4.69) is 331 Å². The molecule has 1 aliphatic carbocycles. The molecule has 0 saturated heterocycles. The zero-order chi connectivity index (χ0) is 78.6. The Balaban J connectivity index is 0.836. The van der Waals surface area contributed by atoms with Gasteiger partial charge in [0.1, 0.15) is 0 Å². The molecule has 12 aromatic carbocycles. The van der Waals surface area contributed by atoms with E-state index in [0.717, 1.165) is 72.6 Å². The molecular weight excluding hydrogens is 1380 g/mol. The Morgan fingerprint density at radius 3 is 1.07 bits per heavy atom. The fourth-order valence-corrected chi connectivity index (χ4v) is 18.5. The summed E-state index contributed by atoms with van der Waals surface area (Å²) in [5.74, 6) is 0. The van der Waals surface area contributed by atoms with Crippen LogP contribution in [0.3, 0.4) is 0 Å². The number of aryl methyl sites for hydroxylation is 6. The van der Waals surface area contributed by atoms with Gasteiger partial charge in [-0.1, -0.05) is 339 Å². The summed E-state index contributed by atoms with van der Waals surface area (Å²) in [5, 5.41) is 2.73. The molecule has 0 saturated carbocycles. The number of aromatic nitrogens is 1. The minimum absolute atomic E-state index is 0.0230. The second-order valence-corrected chi connectivity index (χ2v) is 33.5. The number of hydrogen-bond acceptors (Lipinski definition) is 2. The van der Waals surface area contributed by atoms with Gasteiger partial charge in [0.25, 0.3) is 0 Å². The molecular formula is C111H127N3. The van der Waals surface area contributed by atoms with Crippen molar-refractivity contribution >= 4 is 55.9 Å². The Hall–Kier alpha value is -9.96. The fraction of sp³-hybridized carbons (Fsp3) is 0.351. The maximum Gasteiger partial charge on any atom is 0.0544 e. The van der Waals surface area contributed by atoms with E-state index in [1.165, 1.54) is 271 Å². The molecule has 0 amide bonds. The summed E-state index contributed by atoms with van der Waals surface area (Å²) in [7, 11) is 0. The van der Waals surface area contributed by atoms with Gasteiger partial charge in [0, 0.05) is 56.0 Å². The van der Waals surface area contributed by atoms with Crippen LogP contribution < -0.4 is 9.80 Å². The van der Waals surface area contributed by atoms with Crippen molar-refractivity contribution in [1.82, 2.24) is 4.57 Å². The van der Waals surface area contributed by atoms with Crippen LogP contribution >= 0.6 is 0 Å². The first kappa shape index (κ1) is 80.6. The molecule has 14 rings (SSSR count). The van der Waals surface area contributed by atoms with Gasteiger partial charge < -0.3 is 14.4 Å². The first-order valence-electron chi connectivity index (χ1n) is 44.8. The molecule has 0 N–H and O–H groups in total. The number of nitrogens with zero attached hydrogens (tertiary/aromatic N) is 3. The third-order valence-electron chi connectivity index (χ3n) is 25.1. The molecule has 0 fully saturated rings. The molecule has 586 valence electrons. The average Bonchev–Trinajstić information content (AvgIpc) is 1.54. The number of hydrogen-bond donors (Lipinski definition) is 0. The standard InChI is InChI=1S/C111H127N3/c1-9-15-21-25-27-33-75-111(76-34-28-26-22-16-10-2)106-77-83(8)43-74-101(106)104-80-105-102-39-31-32-40-108(102)114(110(105)81-107(104)111)109-79-93(37-29-23-17-11-3)103(78-94(109)38-30-24-18-12-4)92-60-72-100(73-61-92)113(98-66-54-89(55-67-98)87-50-46-85(47-51-87)36-20-14-6)99-70-58-91(59-71-99)90-56-68-97(69-57-90)112(95-62-41-82(7)42-63-95)96-64-52-88(53-65-96)86-48-44-84(45-49-86)35-19-13-5/h31-32,39-74,77-81H,9-30,33-38,75-76H2,1-8H3. The van der Waals surface area contributed by atoms with E-state index < -0.39 is 0 Å². The van der Waals surface area contributed by atoms with Gasteiger partial charge in [-0.05, 0) is 270 Å². The Kier molecular flexibility index (Phi) is 27.9. The largest absolute Gasteiger partial charge is 0.311 e. The summed E-state index contributed by atoms with van der Waals surface area (Å²) in [6.45, 7) is 18.4. The maximum atomic E-state index is 2.76. The van der Waals surface area contributed by atoms with Crippen LogP contribution in [0.15, 0.2) is 261 Å². The van der Waals surface area contributed by atoms with Crippen molar-refractivity contribution in [1.29, 1.82) is 0 Å². The van der Waals surface area contributed by atoms with Crippen molar-refractivity contribution in [3.63, 3.8) is 0 Å². The van der Waals surface area contributed by atoms with Crippen LogP contribution in [0.2, 0.25) is 0 Å². The van der Waals surface area contributed by atoms with E-state index in [0.29, 0.717) is 0 Å². The van der Waals surface area contributed by atoms with Crippen molar-refractivity contribution in [3.8, 4) is 61.3 Å². The minimum atomic E-state index is -0.0230. The van der Waals surface area contributed by atoms with Crippen LogP contribution in [-0.2, 0) is 31.1 Å².